The van der Waals surface area contributed by atoms with E-state index in [0.29, 0.717) is 0 Å². The first-order valence-electron chi connectivity index (χ1n) is 4.85. The number of nitrogens with zero attached hydrogens (tertiary/aromatic N) is 2. The molecule has 0 saturated carbocycles. The number of rotatable bonds is 4. The summed E-state index contributed by atoms with van der Waals surface area (Å²) in [7, 11) is -11.4. The first-order chi connectivity index (χ1) is 7.92. The fourth-order valence-electron chi connectivity index (χ4n) is 1.55. The molecular formula is C6H15N3O6S3. The summed E-state index contributed by atoms with van der Waals surface area (Å²) < 4.78 is 69.3. The molecule has 0 amide bonds. The molecule has 1 rings (SSSR count). The molecule has 1 heterocycles. The Balaban J connectivity index is 2.75. The van der Waals surface area contributed by atoms with Crippen LogP contribution in [0, 0.1) is 0 Å². The molecule has 1 aliphatic heterocycles. The maximum atomic E-state index is 11.7. The van der Waals surface area contributed by atoms with Crippen molar-refractivity contribution in [3.63, 3.8) is 0 Å². The first-order valence-corrected chi connectivity index (χ1v) is 10.0. The van der Waals surface area contributed by atoms with Crippen LogP contribution in [0.4, 0.5) is 0 Å². The molecule has 18 heavy (non-hydrogen) atoms. The van der Waals surface area contributed by atoms with E-state index >= 15 is 0 Å². The molecule has 1 saturated heterocycles. The van der Waals surface area contributed by atoms with Crippen LogP contribution in [0.25, 0.3) is 0 Å². The van der Waals surface area contributed by atoms with E-state index < -0.39 is 35.2 Å². The summed E-state index contributed by atoms with van der Waals surface area (Å²) in [5, 5.41) is 3.92. The third-order valence-electron chi connectivity index (χ3n) is 2.31. The number of hydrogen-bond donors (Lipinski definition) is 1. The van der Waals surface area contributed by atoms with Crippen molar-refractivity contribution in [2.24, 2.45) is 5.14 Å². The maximum Gasteiger partial charge on any atom is 0.276 e. The Labute approximate surface area is 107 Å². The van der Waals surface area contributed by atoms with E-state index in [1.54, 1.807) is 0 Å². The average Bonchev–Trinajstić information content (AvgIpc) is 2.13. The monoisotopic (exact) mass is 321 g/mol. The molecule has 0 bridgehead atoms. The Morgan fingerprint density at radius 1 is 0.889 bits per heavy atom. The van der Waals surface area contributed by atoms with Crippen molar-refractivity contribution in [3.8, 4) is 0 Å². The predicted molar refractivity (Wildman–Crippen MR) is 64.9 cm³/mol. The Kier molecular flexibility index (Phi) is 4.40. The van der Waals surface area contributed by atoms with Crippen molar-refractivity contribution in [2.75, 3.05) is 37.5 Å². The number of hydrogen-bond acceptors (Lipinski definition) is 6. The van der Waals surface area contributed by atoms with Gasteiger partial charge in [0.05, 0.1) is 0 Å². The molecule has 1 aliphatic rings. The van der Waals surface area contributed by atoms with Crippen molar-refractivity contribution in [3.05, 3.63) is 0 Å². The van der Waals surface area contributed by atoms with Gasteiger partial charge in [-0.2, -0.15) is 17.0 Å². The molecule has 0 aliphatic carbocycles. The summed E-state index contributed by atoms with van der Waals surface area (Å²) in [6, 6.07) is 0. The van der Waals surface area contributed by atoms with E-state index in [1.807, 2.05) is 0 Å². The SMILES string of the molecule is CS(=O)(=O)CS(=O)(=O)N1CCN(S(N)(=O)=O)CC1. The number of nitrogens with two attached hydrogens (primary N) is 1. The second-order valence-corrected chi connectivity index (χ2v) is 10.0. The molecule has 108 valence electrons. The molecule has 0 aromatic carbocycles. The lowest BCUT2D eigenvalue weighted by Crippen LogP contribution is -2.52. The zero-order valence-electron chi connectivity index (χ0n) is 9.68. The second kappa shape index (κ2) is 5.02. The molecule has 0 aromatic heterocycles. The van der Waals surface area contributed by atoms with Gasteiger partial charge in [-0.25, -0.2) is 22.0 Å². The van der Waals surface area contributed by atoms with Crippen LogP contribution in [-0.4, -0.2) is 71.4 Å². The molecule has 0 radical (unpaired) electrons. The topological polar surface area (TPSA) is 135 Å². The van der Waals surface area contributed by atoms with Gasteiger partial charge in [0.25, 0.3) is 10.2 Å². The highest BCUT2D eigenvalue weighted by atomic mass is 32.3. The van der Waals surface area contributed by atoms with Crippen LogP contribution in [0.1, 0.15) is 0 Å². The quantitative estimate of drug-likeness (QED) is 0.591. The lowest BCUT2D eigenvalue weighted by Gasteiger charge is -2.31. The number of piperazine rings is 1. The average molecular weight is 321 g/mol. The highest BCUT2D eigenvalue weighted by molar-refractivity contribution is 8.06. The van der Waals surface area contributed by atoms with Gasteiger partial charge in [-0.15, -0.1) is 0 Å². The highest BCUT2D eigenvalue weighted by Crippen LogP contribution is 2.11. The molecule has 0 aromatic rings. The molecule has 9 nitrogen and oxygen atoms in total. The van der Waals surface area contributed by atoms with E-state index in [9.17, 15) is 25.3 Å². The minimum atomic E-state index is -3.93. The van der Waals surface area contributed by atoms with Gasteiger partial charge in [0, 0.05) is 32.4 Å². The van der Waals surface area contributed by atoms with Crippen molar-refractivity contribution in [2.45, 2.75) is 0 Å². The van der Waals surface area contributed by atoms with Crippen LogP contribution < -0.4 is 5.14 Å². The fraction of sp³-hybridized carbons (Fsp3) is 1.00. The molecular weight excluding hydrogens is 306 g/mol. The zero-order valence-corrected chi connectivity index (χ0v) is 12.1. The minimum absolute atomic E-state index is 0.0815. The van der Waals surface area contributed by atoms with Crippen molar-refractivity contribution < 1.29 is 25.3 Å². The Morgan fingerprint density at radius 3 is 1.61 bits per heavy atom. The van der Waals surface area contributed by atoms with Gasteiger partial charge in [-0.1, -0.05) is 0 Å². The summed E-state index contributed by atoms with van der Waals surface area (Å²) in [6.45, 7) is -0.369. The van der Waals surface area contributed by atoms with Gasteiger partial charge < -0.3 is 0 Å². The second-order valence-electron chi connectivity index (χ2n) is 4.00. The lowest BCUT2D eigenvalue weighted by molar-refractivity contribution is 0.274. The van der Waals surface area contributed by atoms with Crippen molar-refractivity contribution in [1.29, 1.82) is 0 Å². The first kappa shape index (κ1) is 15.8. The third-order valence-corrected chi connectivity index (χ3v) is 7.45. The predicted octanol–water partition coefficient (Wildman–Crippen LogP) is -2.86. The third kappa shape index (κ3) is 4.44. The summed E-state index contributed by atoms with van der Waals surface area (Å²) in [5.74, 6) is 0. The van der Waals surface area contributed by atoms with E-state index in [1.165, 1.54) is 0 Å². The van der Waals surface area contributed by atoms with Gasteiger partial charge in [0.2, 0.25) is 10.0 Å². The van der Waals surface area contributed by atoms with E-state index in [0.717, 1.165) is 14.9 Å². The van der Waals surface area contributed by atoms with Crippen LogP contribution in [0.2, 0.25) is 0 Å². The minimum Gasteiger partial charge on any atom is -0.228 e. The Morgan fingerprint density at radius 2 is 1.28 bits per heavy atom. The van der Waals surface area contributed by atoms with Crippen LogP contribution in [0.3, 0.4) is 0 Å². The maximum absolute atomic E-state index is 11.7. The summed E-state index contributed by atoms with van der Waals surface area (Å²) in [5.41, 5.74) is 0. The normalized spacial score (nSPS) is 21.0. The van der Waals surface area contributed by atoms with E-state index in [2.05, 4.69) is 0 Å². The van der Waals surface area contributed by atoms with E-state index in [-0.39, 0.29) is 26.2 Å². The summed E-state index contributed by atoms with van der Waals surface area (Å²) in [4.78, 5) is 0. The number of sulfone groups is 1. The summed E-state index contributed by atoms with van der Waals surface area (Å²) >= 11 is 0. The molecule has 0 unspecified atom stereocenters. The van der Waals surface area contributed by atoms with E-state index in [4.69, 9.17) is 5.14 Å². The van der Waals surface area contributed by atoms with Crippen LogP contribution in [0.5, 0.6) is 0 Å². The number of sulfonamides is 1. The Hall–Kier alpha value is -0.270. The van der Waals surface area contributed by atoms with Crippen molar-refractivity contribution in [1.82, 2.24) is 8.61 Å². The smallest absolute Gasteiger partial charge is 0.228 e. The van der Waals surface area contributed by atoms with Crippen LogP contribution in [-0.2, 0) is 30.1 Å². The van der Waals surface area contributed by atoms with Crippen LogP contribution in [0.15, 0.2) is 0 Å². The largest absolute Gasteiger partial charge is 0.276 e. The van der Waals surface area contributed by atoms with Crippen LogP contribution >= 0.6 is 0 Å². The molecule has 1 fully saturated rings. The van der Waals surface area contributed by atoms with Gasteiger partial charge in [0.15, 0.2) is 14.9 Å². The van der Waals surface area contributed by atoms with Gasteiger partial charge in [0.1, 0.15) is 0 Å². The van der Waals surface area contributed by atoms with Gasteiger partial charge in [-0.05, 0) is 0 Å². The Bertz CT molecular complexity index is 599. The fourth-order valence-corrected chi connectivity index (χ4v) is 5.70. The van der Waals surface area contributed by atoms with Gasteiger partial charge >= 0.3 is 0 Å². The summed E-state index contributed by atoms with van der Waals surface area (Å²) in [6.07, 6.45) is 0.825. The molecule has 0 spiro atoms. The van der Waals surface area contributed by atoms with Crippen molar-refractivity contribution >= 4 is 30.1 Å². The highest BCUT2D eigenvalue weighted by Gasteiger charge is 2.32. The zero-order chi connectivity index (χ0) is 14.2. The standard InChI is InChI=1S/C6H15N3O6S3/c1-16(10,11)6-17(12,13)8-2-4-9(5-3-8)18(7,14)15/h2-6H2,1H3,(H2,7,14,15). The molecule has 12 heteroatoms. The van der Waals surface area contributed by atoms with Gasteiger partial charge in [-0.3, -0.25) is 0 Å². The lowest BCUT2D eigenvalue weighted by atomic mass is 10.4. The molecule has 2 N–H and O–H groups in total. The molecule has 0 atom stereocenters.